The van der Waals surface area contributed by atoms with E-state index in [0.717, 1.165) is 4.74 Å². The zero-order valence-corrected chi connectivity index (χ0v) is 8.73. The molecule has 1 fully saturated rings. The molecule has 1 saturated heterocycles. The second-order valence-corrected chi connectivity index (χ2v) is 3.94. The molecule has 1 unspecified atom stereocenters. The van der Waals surface area contributed by atoms with E-state index < -0.39 is 12.0 Å². The number of ether oxygens (including phenoxy) is 1. The summed E-state index contributed by atoms with van der Waals surface area (Å²) in [6, 6.07) is 4.10. The highest BCUT2D eigenvalue weighted by Crippen LogP contribution is 2.22. The molecule has 0 radical (unpaired) electrons. The van der Waals surface area contributed by atoms with Gasteiger partial charge in [-0.2, -0.15) is 4.74 Å². The summed E-state index contributed by atoms with van der Waals surface area (Å²) in [5, 5.41) is 0.820. The first-order valence-corrected chi connectivity index (χ1v) is 5.02. The monoisotopic (exact) mass is 239 g/mol. The lowest BCUT2D eigenvalue weighted by molar-refractivity contribution is -0.170. The molecule has 0 amide bonds. The fourth-order valence-electron chi connectivity index (χ4n) is 1.61. The highest BCUT2D eigenvalue weighted by Gasteiger charge is 2.36. The van der Waals surface area contributed by atoms with Gasteiger partial charge in [-0.05, 0) is 18.2 Å². The van der Waals surface area contributed by atoms with E-state index in [9.17, 15) is 9.59 Å². The number of rotatable bonds is 1. The van der Waals surface area contributed by atoms with E-state index in [1.165, 1.54) is 6.07 Å². The van der Waals surface area contributed by atoms with Crippen molar-refractivity contribution in [2.75, 3.05) is 6.61 Å². The number of hydrogen-bond donors (Lipinski definition) is 0. The number of cyclic esters (lactones) is 1. The second kappa shape index (κ2) is 3.12. The molecule has 2 heterocycles. The number of carbonyl (C=O) groups is 1. The van der Waals surface area contributed by atoms with Crippen LogP contribution in [0.4, 0.5) is 0 Å². The van der Waals surface area contributed by atoms with Crippen LogP contribution in [0, 0.1) is 0 Å². The van der Waals surface area contributed by atoms with Gasteiger partial charge in [0.05, 0.1) is 5.39 Å². The molecule has 16 heavy (non-hydrogen) atoms. The second-order valence-electron chi connectivity index (χ2n) is 3.51. The maximum absolute atomic E-state index is 11.9. The molecule has 0 aliphatic carbocycles. The summed E-state index contributed by atoms with van der Waals surface area (Å²) >= 11 is 5.77. The van der Waals surface area contributed by atoms with Crippen molar-refractivity contribution in [3.05, 3.63) is 33.6 Å². The van der Waals surface area contributed by atoms with Crippen LogP contribution in [0.3, 0.4) is 0 Å². The number of benzene rings is 1. The van der Waals surface area contributed by atoms with Gasteiger partial charge < -0.3 is 9.26 Å². The first-order chi connectivity index (χ1) is 7.66. The van der Waals surface area contributed by atoms with Crippen molar-refractivity contribution in [3.8, 4) is 0 Å². The van der Waals surface area contributed by atoms with Crippen LogP contribution in [0.25, 0.3) is 11.0 Å². The summed E-state index contributed by atoms with van der Waals surface area (Å²) in [6.07, 6.45) is 0. The van der Waals surface area contributed by atoms with Crippen molar-refractivity contribution in [1.29, 1.82) is 0 Å². The largest absolute Gasteiger partial charge is 0.461 e. The molecular formula is C10H6ClNO4. The topological polar surface area (TPSA) is 61.4 Å². The van der Waals surface area contributed by atoms with Crippen LogP contribution in [0.5, 0.6) is 0 Å². The molecular weight excluding hydrogens is 234 g/mol. The quantitative estimate of drug-likeness (QED) is 0.705. The SMILES string of the molecule is O=C1OCC1n1oc2ccc(Cl)cc2c1=O. The average molecular weight is 240 g/mol. The first-order valence-electron chi connectivity index (χ1n) is 4.64. The zero-order chi connectivity index (χ0) is 11.3. The van der Waals surface area contributed by atoms with Crippen LogP contribution >= 0.6 is 11.6 Å². The van der Waals surface area contributed by atoms with Gasteiger partial charge in [-0.3, -0.25) is 4.79 Å². The lowest BCUT2D eigenvalue weighted by Crippen LogP contribution is -2.40. The predicted molar refractivity (Wildman–Crippen MR) is 55.5 cm³/mol. The number of carbonyl (C=O) groups excluding carboxylic acids is 1. The lowest BCUT2D eigenvalue weighted by atomic mass is 10.2. The van der Waals surface area contributed by atoms with Gasteiger partial charge in [-0.15, -0.1) is 0 Å². The van der Waals surface area contributed by atoms with Crippen LogP contribution < -0.4 is 5.56 Å². The van der Waals surface area contributed by atoms with Crippen molar-refractivity contribution in [1.82, 2.24) is 4.74 Å². The maximum atomic E-state index is 11.9. The molecule has 3 rings (SSSR count). The third-order valence-electron chi connectivity index (χ3n) is 2.51. The molecule has 1 aromatic carbocycles. The Hall–Kier alpha value is -1.75. The third-order valence-corrected chi connectivity index (χ3v) is 2.74. The molecule has 0 bridgehead atoms. The smallest absolute Gasteiger partial charge is 0.336 e. The number of fused-ring (bicyclic) bond motifs is 1. The molecule has 2 aromatic rings. The van der Waals surface area contributed by atoms with Crippen molar-refractivity contribution in [3.63, 3.8) is 0 Å². The van der Waals surface area contributed by atoms with E-state index in [0.29, 0.717) is 16.0 Å². The molecule has 6 heteroatoms. The number of aromatic nitrogens is 1. The Morgan fingerprint density at radius 2 is 2.19 bits per heavy atom. The van der Waals surface area contributed by atoms with Crippen LogP contribution in [-0.2, 0) is 9.53 Å². The molecule has 0 N–H and O–H groups in total. The fourth-order valence-corrected chi connectivity index (χ4v) is 1.78. The molecule has 1 aliphatic rings. The van der Waals surface area contributed by atoms with E-state index in [4.69, 9.17) is 16.1 Å². The summed E-state index contributed by atoms with van der Waals surface area (Å²) in [4.78, 5) is 22.9. The Morgan fingerprint density at radius 3 is 2.81 bits per heavy atom. The van der Waals surface area contributed by atoms with Crippen molar-refractivity contribution in [2.45, 2.75) is 6.04 Å². The fraction of sp³-hybridized carbons (Fsp3) is 0.200. The van der Waals surface area contributed by atoms with Crippen molar-refractivity contribution < 1.29 is 14.1 Å². The Morgan fingerprint density at radius 1 is 1.38 bits per heavy atom. The molecule has 1 aliphatic heterocycles. The number of nitrogens with zero attached hydrogens (tertiary/aromatic N) is 1. The normalized spacial score (nSPS) is 19.6. The Kier molecular flexibility index (Phi) is 1.85. The Balaban J connectivity index is 2.23. The molecule has 82 valence electrons. The van der Waals surface area contributed by atoms with Gasteiger partial charge in [-0.1, -0.05) is 11.6 Å². The average Bonchev–Trinajstić information content (AvgIpc) is 2.55. The van der Waals surface area contributed by atoms with Crippen LogP contribution in [0.15, 0.2) is 27.5 Å². The standard InChI is InChI=1S/C10H6ClNO4/c11-5-1-2-8-6(3-5)9(13)12(16-8)7-4-15-10(7)14/h1-3,7H,4H2. The predicted octanol–water partition coefficient (Wildman–Crippen LogP) is 1.35. The zero-order valence-electron chi connectivity index (χ0n) is 7.97. The van der Waals surface area contributed by atoms with Gasteiger partial charge in [0.1, 0.15) is 6.61 Å². The van der Waals surface area contributed by atoms with Crippen LogP contribution in [0.1, 0.15) is 6.04 Å². The van der Waals surface area contributed by atoms with Crippen LogP contribution in [-0.4, -0.2) is 17.3 Å². The van der Waals surface area contributed by atoms with Gasteiger partial charge in [0, 0.05) is 5.02 Å². The molecule has 5 nitrogen and oxygen atoms in total. The molecule has 0 spiro atoms. The number of esters is 1. The minimum absolute atomic E-state index is 0.173. The van der Waals surface area contributed by atoms with E-state index in [1.807, 2.05) is 0 Å². The van der Waals surface area contributed by atoms with Crippen molar-refractivity contribution >= 4 is 28.5 Å². The van der Waals surface area contributed by atoms with Gasteiger partial charge in [0.25, 0.3) is 5.56 Å². The maximum Gasteiger partial charge on any atom is 0.336 e. The molecule has 0 saturated carbocycles. The molecule has 1 aromatic heterocycles. The minimum Gasteiger partial charge on any atom is -0.461 e. The summed E-state index contributed by atoms with van der Waals surface area (Å²) in [7, 11) is 0. The van der Waals surface area contributed by atoms with Gasteiger partial charge in [0.15, 0.2) is 5.58 Å². The summed E-state index contributed by atoms with van der Waals surface area (Å²) in [6.45, 7) is 0.173. The van der Waals surface area contributed by atoms with Crippen molar-refractivity contribution in [2.24, 2.45) is 0 Å². The third kappa shape index (κ3) is 1.18. The summed E-state index contributed by atoms with van der Waals surface area (Å²) in [5.74, 6) is -0.452. The minimum atomic E-state index is -0.640. The summed E-state index contributed by atoms with van der Waals surface area (Å²) in [5.41, 5.74) is 0.0493. The highest BCUT2D eigenvalue weighted by molar-refractivity contribution is 6.31. The Bertz CT molecular complexity index is 642. The van der Waals surface area contributed by atoms with E-state index in [-0.39, 0.29) is 12.2 Å². The van der Waals surface area contributed by atoms with Gasteiger partial charge in [-0.25, -0.2) is 4.79 Å². The van der Waals surface area contributed by atoms with Gasteiger partial charge >= 0.3 is 5.97 Å². The number of halogens is 1. The van der Waals surface area contributed by atoms with E-state index in [2.05, 4.69) is 4.74 Å². The first kappa shape index (κ1) is 9.47. The highest BCUT2D eigenvalue weighted by atomic mass is 35.5. The Labute approximate surface area is 94.1 Å². The van der Waals surface area contributed by atoms with Gasteiger partial charge in [0.2, 0.25) is 6.04 Å². The van der Waals surface area contributed by atoms with E-state index >= 15 is 0 Å². The lowest BCUT2D eigenvalue weighted by Gasteiger charge is -2.22. The summed E-state index contributed by atoms with van der Waals surface area (Å²) < 4.78 is 10.9. The van der Waals surface area contributed by atoms with Crippen LogP contribution in [0.2, 0.25) is 5.02 Å². The van der Waals surface area contributed by atoms with E-state index in [1.54, 1.807) is 12.1 Å². The molecule has 1 atom stereocenters. The number of hydrogen-bond acceptors (Lipinski definition) is 4.